The van der Waals surface area contributed by atoms with Crippen LogP contribution in [0.3, 0.4) is 0 Å². The lowest BCUT2D eigenvalue weighted by Crippen LogP contribution is -2.25. The van der Waals surface area contributed by atoms with Crippen molar-refractivity contribution in [3.8, 4) is 0 Å². The van der Waals surface area contributed by atoms with E-state index in [0.29, 0.717) is 11.3 Å². The molecule has 0 unspecified atom stereocenters. The average Bonchev–Trinajstić information content (AvgIpc) is 3.10. The zero-order valence-electron chi connectivity index (χ0n) is 9.81. The number of benzene rings is 1. The van der Waals surface area contributed by atoms with Crippen LogP contribution in [0.4, 0.5) is 5.69 Å². The molecule has 0 aromatic heterocycles. The molecular weight excluding hydrogens is 236 g/mol. The molecule has 0 bridgehead atoms. The fourth-order valence-corrected chi connectivity index (χ4v) is 2.56. The van der Waals surface area contributed by atoms with Crippen molar-refractivity contribution in [3.63, 3.8) is 0 Å². The molecular formula is C12H16N2O2S. The molecule has 1 saturated carbocycles. The van der Waals surface area contributed by atoms with Crippen LogP contribution in [0.25, 0.3) is 0 Å². The number of thioether (sulfide) groups is 1. The topological polar surface area (TPSA) is 55.2 Å². The van der Waals surface area contributed by atoms with Crippen LogP contribution in [-0.2, 0) is 6.54 Å². The zero-order chi connectivity index (χ0) is 12.3. The van der Waals surface area contributed by atoms with Gasteiger partial charge in [0.2, 0.25) is 0 Å². The Bertz CT molecular complexity index is 419. The highest BCUT2D eigenvalue weighted by Crippen LogP contribution is 2.46. The number of nitrogens with zero attached hydrogens (tertiary/aromatic N) is 1. The number of rotatable bonds is 6. The molecule has 1 aromatic rings. The van der Waals surface area contributed by atoms with Gasteiger partial charge in [-0.1, -0.05) is 12.1 Å². The molecule has 0 saturated heterocycles. The normalized spacial score (nSPS) is 16.8. The number of nitro groups is 1. The summed E-state index contributed by atoms with van der Waals surface area (Å²) in [4.78, 5) is 10.3. The van der Waals surface area contributed by atoms with Crippen molar-refractivity contribution in [2.24, 2.45) is 0 Å². The Morgan fingerprint density at radius 1 is 1.53 bits per heavy atom. The summed E-state index contributed by atoms with van der Waals surface area (Å²) in [6.45, 7) is 1.68. The van der Waals surface area contributed by atoms with E-state index in [4.69, 9.17) is 0 Å². The fourth-order valence-electron chi connectivity index (χ4n) is 1.81. The first kappa shape index (κ1) is 12.4. The van der Waals surface area contributed by atoms with E-state index in [9.17, 15) is 10.1 Å². The van der Waals surface area contributed by atoms with Gasteiger partial charge in [0, 0.05) is 30.0 Å². The monoisotopic (exact) mass is 252 g/mol. The molecule has 0 radical (unpaired) electrons. The summed E-state index contributed by atoms with van der Waals surface area (Å²) >= 11 is 1.91. The maximum absolute atomic E-state index is 10.6. The molecule has 17 heavy (non-hydrogen) atoms. The average molecular weight is 252 g/mol. The molecule has 1 fully saturated rings. The van der Waals surface area contributed by atoms with E-state index in [1.165, 1.54) is 18.9 Å². The molecule has 0 heterocycles. The molecule has 92 valence electrons. The minimum atomic E-state index is -0.353. The van der Waals surface area contributed by atoms with Gasteiger partial charge in [0.1, 0.15) is 0 Å². The van der Waals surface area contributed by atoms with Crippen LogP contribution in [0.1, 0.15) is 18.4 Å². The summed E-state index contributed by atoms with van der Waals surface area (Å²) in [7, 11) is 0. The van der Waals surface area contributed by atoms with Gasteiger partial charge in [0.15, 0.2) is 0 Å². The smallest absolute Gasteiger partial charge is 0.269 e. The second kappa shape index (κ2) is 5.06. The van der Waals surface area contributed by atoms with Gasteiger partial charge in [-0.15, -0.1) is 0 Å². The van der Waals surface area contributed by atoms with E-state index < -0.39 is 0 Å². The van der Waals surface area contributed by atoms with Crippen molar-refractivity contribution in [2.45, 2.75) is 24.1 Å². The molecule has 5 heteroatoms. The maximum Gasteiger partial charge on any atom is 0.269 e. The first-order chi connectivity index (χ1) is 8.15. The molecule has 1 aliphatic carbocycles. The van der Waals surface area contributed by atoms with E-state index in [-0.39, 0.29) is 10.6 Å². The Balaban J connectivity index is 1.86. The largest absolute Gasteiger partial charge is 0.311 e. The number of non-ortho nitro benzene ring substituents is 1. The summed E-state index contributed by atoms with van der Waals surface area (Å²) in [5.74, 6) is 0. The number of hydrogen-bond donors (Lipinski definition) is 1. The molecule has 4 nitrogen and oxygen atoms in total. The first-order valence-electron chi connectivity index (χ1n) is 5.64. The van der Waals surface area contributed by atoms with Gasteiger partial charge >= 0.3 is 0 Å². The molecule has 1 aliphatic rings. The summed E-state index contributed by atoms with van der Waals surface area (Å²) in [5, 5.41) is 14.0. The highest BCUT2D eigenvalue weighted by molar-refractivity contribution is 8.00. The van der Waals surface area contributed by atoms with Gasteiger partial charge in [0.05, 0.1) is 4.92 Å². The van der Waals surface area contributed by atoms with E-state index in [2.05, 4.69) is 11.6 Å². The molecule has 0 atom stereocenters. The quantitative estimate of drug-likeness (QED) is 0.624. The molecule has 2 rings (SSSR count). The Morgan fingerprint density at radius 2 is 2.29 bits per heavy atom. The van der Waals surface area contributed by atoms with Crippen LogP contribution in [0.2, 0.25) is 0 Å². The van der Waals surface area contributed by atoms with Gasteiger partial charge < -0.3 is 5.32 Å². The Morgan fingerprint density at radius 3 is 2.88 bits per heavy atom. The van der Waals surface area contributed by atoms with Crippen molar-refractivity contribution in [1.82, 2.24) is 5.32 Å². The van der Waals surface area contributed by atoms with Crippen molar-refractivity contribution in [1.29, 1.82) is 0 Å². The molecule has 1 aromatic carbocycles. The van der Waals surface area contributed by atoms with Crippen molar-refractivity contribution < 1.29 is 4.92 Å². The minimum Gasteiger partial charge on any atom is -0.311 e. The number of hydrogen-bond acceptors (Lipinski definition) is 4. The Kier molecular flexibility index (Phi) is 3.69. The molecule has 0 spiro atoms. The lowest BCUT2D eigenvalue weighted by atomic mass is 10.2. The van der Waals surface area contributed by atoms with Crippen LogP contribution in [0.15, 0.2) is 24.3 Å². The van der Waals surface area contributed by atoms with E-state index in [1.54, 1.807) is 12.1 Å². The van der Waals surface area contributed by atoms with Gasteiger partial charge in [-0.2, -0.15) is 11.8 Å². The summed E-state index contributed by atoms with van der Waals surface area (Å²) < 4.78 is 0.431. The minimum absolute atomic E-state index is 0.162. The lowest BCUT2D eigenvalue weighted by Gasteiger charge is -2.12. The highest BCUT2D eigenvalue weighted by atomic mass is 32.2. The third-order valence-electron chi connectivity index (χ3n) is 3.14. The standard InChI is InChI=1S/C12H16N2O2S/c1-17-12(5-6-12)9-13-8-10-3-2-4-11(7-10)14(15)16/h2-4,7,13H,5-6,8-9H2,1H3. The van der Waals surface area contributed by atoms with Crippen molar-refractivity contribution in [2.75, 3.05) is 12.8 Å². The summed E-state index contributed by atoms with van der Waals surface area (Å²) in [6, 6.07) is 6.80. The first-order valence-corrected chi connectivity index (χ1v) is 6.87. The predicted octanol–water partition coefficient (Wildman–Crippen LogP) is 2.58. The van der Waals surface area contributed by atoms with Gasteiger partial charge in [-0.05, 0) is 24.7 Å². The van der Waals surface area contributed by atoms with Crippen molar-refractivity contribution >= 4 is 17.4 Å². The van der Waals surface area contributed by atoms with E-state index in [0.717, 1.165) is 12.1 Å². The SMILES string of the molecule is CSC1(CNCc2cccc([N+](=O)[O-])c2)CC1. The summed E-state index contributed by atoms with van der Waals surface area (Å²) in [5.41, 5.74) is 1.13. The molecule has 1 N–H and O–H groups in total. The van der Waals surface area contributed by atoms with Crippen LogP contribution in [0.5, 0.6) is 0 Å². The predicted molar refractivity (Wildman–Crippen MR) is 70.3 cm³/mol. The molecule has 0 aliphatic heterocycles. The molecule has 0 amide bonds. The lowest BCUT2D eigenvalue weighted by molar-refractivity contribution is -0.384. The van der Waals surface area contributed by atoms with Gasteiger partial charge in [-0.3, -0.25) is 10.1 Å². The van der Waals surface area contributed by atoms with Crippen LogP contribution in [-0.4, -0.2) is 22.5 Å². The second-order valence-electron chi connectivity index (χ2n) is 4.42. The van der Waals surface area contributed by atoms with Gasteiger partial charge in [0.25, 0.3) is 5.69 Å². The zero-order valence-corrected chi connectivity index (χ0v) is 10.6. The fraction of sp³-hybridized carbons (Fsp3) is 0.500. The number of nitrogens with one attached hydrogen (secondary N) is 1. The third kappa shape index (κ3) is 3.20. The second-order valence-corrected chi connectivity index (χ2v) is 5.69. The Labute approximate surface area is 105 Å². The van der Waals surface area contributed by atoms with E-state index >= 15 is 0 Å². The van der Waals surface area contributed by atoms with Crippen LogP contribution >= 0.6 is 11.8 Å². The maximum atomic E-state index is 10.6. The van der Waals surface area contributed by atoms with E-state index in [1.807, 2.05) is 17.8 Å². The van der Waals surface area contributed by atoms with Crippen LogP contribution in [0, 0.1) is 10.1 Å². The Hall–Kier alpha value is -1.07. The van der Waals surface area contributed by atoms with Gasteiger partial charge in [-0.25, -0.2) is 0 Å². The number of nitro benzene ring substituents is 1. The third-order valence-corrected chi connectivity index (χ3v) is 4.56. The van der Waals surface area contributed by atoms with Crippen LogP contribution < -0.4 is 5.32 Å². The highest BCUT2D eigenvalue weighted by Gasteiger charge is 2.41. The summed E-state index contributed by atoms with van der Waals surface area (Å²) in [6.07, 6.45) is 4.69. The van der Waals surface area contributed by atoms with Crippen molar-refractivity contribution in [3.05, 3.63) is 39.9 Å².